The fourth-order valence-electron chi connectivity index (χ4n) is 7.25. The standard InChI is InChI=1S/C20H30O2/c1-11-13-10-20(6,15(11)17(21)22-18(2,3)4)16-14(13)12-7-8-19(16,5)9-12/h7-8,11-16H,9-10H2,1-6H3. The molecule has 0 radical (unpaired) electrons. The number of hydrogen-bond acceptors (Lipinski definition) is 2. The van der Waals surface area contributed by atoms with Crippen LogP contribution in [0.5, 0.6) is 0 Å². The van der Waals surface area contributed by atoms with Crippen molar-refractivity contribution < 1.29 is 9.53 Å². The van der Waals surface area contributed by atoms with E-state index in [1.54, 1.807) is 0 Å². The van der Waals surface area contributed by atoms with Gasteiger partial charge in [-0.15, -0.1) is 0 Å². The lowest BCUT2D eigenvalue weighted by molar-refractivity contribution is -0.170. The third kappa shape index (κ3) is 1.65. The van der Waals surface area contributed by atoms with Crippen molar-refractivity contribution >= 4 is 5.97 Å². The minimum absolute atomic E-state index is 0.0544. The van der Waals surface area contributed by atoms with Gasteiger partial charge in [0.15, 0.2) is 0 Å². The second kappa shape index (κ2) is 3.99. The maximum absolute atomic E-state index is 12.9. The molecule has 0 saturated heterocycles. The highest BCUT2D eigenvalue weighted by molar-refractivity contribution is 5.75. The average Bonchev–Trinajstić information content (AvgIpc) is 3.00. The number of rotatable bonds is 1. The normalized spacial score (nSPS) is 54.8. The smallest absolute Gasteiger partial charge is 0.310 e. The third-order valence-electron chi connectivity index (χ3n) is 7.44. The Morgan fingerprint density at radius 2 is 1.91 bits per heavy atom. The van der Waals surface area contributed by atoms with Crippen LogP contribution in [0, 0.1) is 46.3 Å². The highest BCUT2D eigenvalue weighted by Gasteiger charge is 2.73. The molecule has 8 atom stereocenters. The minimum Gasteiger partial charge on any atom is -0.460 e. The van der Waals surface area contributed by atoms with E-state index >= 15 is 0 Å². The second-order valence-electron chi connectivity index (χ2n) is 10.0. The van der Waals surface area contributed by atoms with Gasteiger partial charge in [-0.1, -0.05) is 32.9 Å². The van der Waals surface area contributed by atoms with Crippen molar-refractivity contribution in [1.82, 2.24) is 0 Å². The summed E-state index contributed by atoms with van der Waals surface area (Å²) in [6.45, 7) is 13.1. The van der Waals surface area contributed by atoms with Crippen LogP contribution in [0.1, 0.15) is 54.4 Å². The van der Waals surface area contributed by atoms with E-state index < -0.39 is 0 Å². The number of fused-ring (bicyclic) bond motifs is 9. The van der Waals surface area contributed by atoms with Gasteiger partial charge >= 0.3 is 5.97 Å². The van der Waals surface area contributed by atoms with Gasteiger partial charge in [0.25, 0.3) is 0 Å². The van der Waals surface area contributed by atoms with E-state index in [0.717, 1.165) is 11.8 Å². The van der Waals surface area contributed by atoms with Crippen LogP contribution in [0.3, 0.4) is 0 Å². The molecular formula is C20H30O2. The molecule has 2 heteroatoms. The Kier molecular flexibility index (Phi) is 2.68. The maximum atomic E-state index is 12.9. The Balaban J connectivity index is 1.70. The molecule has 0 aromatic carbocycles. The van der Waals surface area contributed by atoms with E-state index in [2.05, 4.69) is 32.9 Å². The van der Waals surface area contributed by atoms with Crippen molar-refractivity contribution in [2.24, 2.45) is 46.3 Å². The number of ether oxygens (including phenoxy) is 1. The SMILES string of the molecule is CC1C2CC(C)(C1C(=O)OC(C)(C)C)C1C2C2C=CC1(C)C2. The molecule has 0 aromatic rings. The summed E-state index contributed by atoms with van der Waals surface area (Å²) in [4.78, 5) is 12.9. The maximum Gasteiger partial charge on any atom is 0.310 e. The van der Waals surface area contributed by atoms with E-state index in [9.17, 15) is 4.79 Å². The summed E-state index contributed by atoms with van der Waals surface area (Å²) in [5.74, 6) is 3.58. The van der Waals surface area contributed by atoms with Crippen LogP contribution in [0.15, 0.2) is 12.2 Å². The number of carbonyl (C=O) groups excluding carboxylic acids is 1. The molecule has 0 heterocycles. The quantitative estimate of drug-likeness (QED) is 0.406. The lowest BCUT2D eigenvalue weighted by Gasteiger charge is -2.48. The second-order valence-corrected chi connectivity index (χ2v) is 10.0. The van der Waals surface area contributed by atoms with Gasteiger partial charge < -0.3 is 4.74 Å². The fourth-order valence-corrected chi connectivity index (χ4v) is 7.25. The Morgan fingerprint density at radius 3 is 2.55 bits per heavy atom. The first-order valence-electron chi connectivity index (χ1n) is 8.99. The molecule has 4 aliphatic carbocycles. The van der Waals surface area contributed by atoms with Crippen molar-refractivity contribution in [1.29, 1.82) is 0 Å². The summed E-state index contributed by atoms with van der Waals surface area (Å²) < 4.78 is 5.81. The van der Waals surface area contributed by atoms with Gasteiger partial charge in [-0.2, -0.15) is 0 Å². The van der Waals surface area contributed by atoms with Gasteiger partial charge in [0.05, 0.1) is 5.92 Å². The highest BCUT2D eigenvalue weighted by atomic mass is 16.6. The molecule has 122 valence electrons. The molecule has 4 rings (SSSR count). The monoisotopic (exact) mass is 302 g/mol. The number of hydrogen-bond donors (Lipinski definition) is 0. The largest absolute Gasteiger partial charge is 0.460 e. The zero-order valence-corrected chi connectivity index (χ0v) is 14.8. The van der Waals surface area contributed by atoms with E-state index in [0.29, 0.717) is 23.2 Å². The number of carbonyl (C=O) groups is 1. The Morgan fingerprint density at radius 1 is 1.23 bits per heavy atom. The molecule has 0 aliphatic heterocycles. The fraction of sp³-hybridized carbons (Fsp3) is 0.850. The minimum atomic E-state index is -0.382. The third-order valence-corrected chi connectivity index (χ3v) is 7.44. The molecule has 3 fully saturated rings. The molecule has 4 aliphatic rings. The number of esters is 1. The molecule has 0 amide bonds. The van der Waals surface area contributed by atoms with Crippen molar-refractivity contribution in [3.8, 4) is 0 Å². The van der Waals surface area contributed by atoms with E-state index in [4.69, 9.17) is 4.74 Å². The van der Waals surface area contributed by atoms with Gasteiger partial charge in [-0.3, -0.25) is 4.79 Å². The Labute approximate surface area is 134 Å². The zero-order chi connectivity index (χ0) is 16.1. The van der Waals surface area contributed by atoms with Crippen LogP contribution in [0.4, 0.5) is 0 Å². The molecular weight excluding hydrogens is 272 g/mol. The first kappa shape index (κ1) is 14.8. The summed E-state index contributed by atoms with van der Waals surface area (Å²) in [5, 5.41) is 0. The molecule has 4 bridgehead atoms. The predicted molar refractivity (Wildman–Crippen MR) is 87.0 cm³/mol. The first-order chi connectivity index (χ1) is 10.1. The lowest BCUT2D eigenvalue weighted by Crippen LogP contribution is -2.48. The zero-order valence-electron chi connectivity index (χ0n) is 14.8. The topological polar surface area (TPSA) is 26.3 Å². The van der Waals surface area contributed by atoms with Crippen molar-refractivity contribution in [3.63, 3.8) is 0 Å². The average molecular weight is 302 g/mol. The van der Waals surface area contributed by atoms with Gasteiger partial charge in [0.1, 0.15) is 5.60 Å². The van der Waals surface area contributed by atoms with Crippen molar-refractivity contribution in [2.75, 3.05) is 0 Å². The summed E-state index contributed by atoms with van der Waals surface area (Å²) in [6.07, 6.45) is 7.46. The van der Waals surface area contributed by atoms with E-state index in [1.165, 1.54) is 12.8 Å². The van der Waals surface area contributed by atoms with Crippen molar-refractivity contribution in [3.05, 3.63) is 12.2 Å². The van der Waals surface area contributed by atoms with Crippen LogP contribution < -0.4 is 0 Å². The van der Waals surface area contributed by atoms with Crippen LogP contribution >= 0.6 is 0 Å². The van der Waals surface area contributed by atoms with Crippen LogP contribution in [0.25, 0.3) is 0 Å². The summed E-state index contributed by atoms with van der Waals surface area (Å²) in [7, 11) is 0. The van der Waals surface area contributed by atoms with Gasteiger partial charge in [-0.05, 0) is 74.0 Å². The summed E-state index contributed by atoms with van der Waals surface area (Å²) in [6, 6.07) is 0. The van der Waals surface area contributed by atoms with Crippen molar-refractivity contribution in [2.45, 2.75) is 60.0 Å². The molecule has 8 unspecified atom stereocenters. The lowest BCUT2D eigenvalue weighted by atomic mass is 9.56. The summed E-state index contributed by atoms with van der Waals surface area (Å²) >= 11 is 0. The Hall–Kier alpha value is -0.790. The summed E-state index contributed by atoms with van der Waals surface area (Å²) in [5.41, 5.74) is 0.0669. The molecule has 0 spiro atoms. The number of allylic oxidation sites excluding steroid dienone is 2. The van der Waals surface area contributed by atoms with Gasteiger partial charge in [-0.25, -0.2) is 0 Å². The Bertz CT molecular complexity index is 557. The van der Waals surface area contributed by atoms with E-state index in [1.807, 2.05) is 20.8 Å². The molecule has 3 saturated carbocycles. The molecule has 2 nitrogen and oxygen atoms in total. The highest BCUT2D eigenvalue weighted by Crippen LogP contribution is 2.77. The van der Waals surface area contributed by atoms with Crippen LogP contribution in [0.2, 0.25) is 0 Å². The molecule has 0 aromatic heterocycles. The first-order valence-corrected chi connectivity index (χ1v) is 8.99. The van der Waals surface area contributed by atoms with Crippen LogP contribution in [-0.2, 0) is 9.53 Å². The van der Waals surface area contributed by atoms with Crippen LogP contribution in [-0.4, -0.2) is 11.6 Å². The van der Waals surface area contributed by atoms with E-state index in [-0.39, 0.29) is 22.9 Å². The van der Waals surface area contributed by atoms with Gasteiger partial charge in [0, 0.05) is 0 Å². The van der Waals surface area contributed by atoms with Gasteiger partial charge in [0.2, 0.25) is 0 Å². The predicted octanol–water partition coefficient (Wildman–Crippen LogP) is 4.45. The molecule has 0 N–H and O–H groups in total. The molecule has 22 heavy (non-hydrogen) atoms.